The quantitative estimate of drug-likeness (QED) is 0.689. The van der Waals surface area contributed by atoms with Crippen LogP contribution in [0.1, 0.15) is 11.1 Å². The Kier molecular flexibility index (Phi) is 5.10. The molecule has 0 aliphatic carbocycles. The molecule has 0 fully saturated rings. The summed E-state index contributed by atoms with van der Waals surface area (Å²) >= 11 is 5.92. The molecule has 2 rings (SSSR count). The molecule has 0 spiro atoms. The highest BCUT2D eigenvalue weighted by Gasteiger charge is 2.03. The van der Waals surface area contributed by atoms with E-state index >= 15 is 0 Å². The second-order valence-electron chi connectivity index (χ2n) is 4.27. The summed E-state index contributed by atoms with van der Waals surface area (Å²) in [5, 5.41) is 3.43. The molecule has 2 aromatic rings. The van der Waals surface area contributed by atoms with Crippen molar-refractivity contribution in [1.82, 2.24) is 0 Å². The van der Waals surface area contributed by atoms with Crippen LogP contribution >= 0.6 is 38.5 Å². The molecule has 0 aliphatic heterocycles. The molecule has 0 radical (unpaired) electrons. The van der Waals surface area contributed by atoms with Crippen LogP contribution < -0.4 is 10.1 Å². The molecule has 100 valence electrons. The van der Waals surface area contributed by atoms with Crippen LogP contribution in [-0.2, 0) is 6.54 Å². The molecular weight excluding hydrogens is 417 g/mol. The van der Waals surface area contributed by atoms with Crippen molar-refractivity contribution in [2.75, 3.05) is 12.4 Å². The van der Waals surface area contributed by atoms with Crippen molar-refractivity contribution >= 4 is 44.2 Å². The molecule has 0 saturated heterocycles. The lowest BCUT2D eigenvalue weighted by Crippen LogP contribution is -2.01. The maximum Gasteiger partial charge on any atom is 0.119 e. The van der Waals surface area contributed by atoms with Crippen LogP contribution in [0, 0.1) is 10.5 Å². The molecule has 0 aromatic heterocycles. The fourth-order valence-electron chi connectivity index (χ4n) is 1.71. The number of hydrogen-bond donors (Lipinski definition) is 1. The van der Waals surface area contributed by atoms with E-state index in [1.165, 1.54) is 14.7 Å². The van der Waals surface area contributed by atoms with Crippen molar-refractivity contribution in [3.8, 4) is 5.75 Å². The number of ether oxygens (including phenoxy) is 1. The van der Waals surface area contributed by atoms with Gasteiger partial charge >= 0.3 is 0 Å². The molecule has 0 aliphatic rings. The molecule has 2 nitrogen and oxygen atoms in total. The molecule has 0 heterocycles. The first kappa shape index (κ1) is 14.7. The van der Waals surface area contributed by atoms with Crippen LogP contribution in [0.25, 0.3) is 0 Å². The van der Waals surface area contributed by atoms with Gasteiger partial charge < -0.3 is 10.1 Å². The summed E-state index contributed by atoms with van der Waals surface area (Å²) < 4.78 is 7.60. The lowest BCUT2D eigenvalue weighted by Gasteiger charge is -2.11. The van der Waals surface area contributed by atoms with Crippen LogP contribution in [0.5, 0.6) is 5.75 Å². The van der Waals surface area contributed by atoms with E-state index < -0.39 is 0 Å². The van der Waals surface area contributed by atoms with Crippen LogP contribution in [-0.4, -0.2) is 7.11 Å². The monoisotopic (exact) mass is 431 g/mol. The summed E-state index contributed by atoms with van der Waals surface area (Å²) in [7, 11) is 1.68. The van der Waals surface area contributed by atoms with E-state index in [9.17, 15) is 0 Å². The van der Waals surface area contributed by atoms with Crippen molar-refractivity contribution in [3.63, 3.8) is 0 Å². The maximum absolute atomic E-state index is 5.25. The molecule has 1 N–H and O–H groups in total. The van der Waals surface area contributed by atoms with Gasteiger partial charge in [0.2, 0.25) is 0 Å². The zero-order chi connectivity index (χ0) is 13.8. The van der Waals surface area contributed by atoms with E-state index in [1.807, 2.05) is 18.2 Å². The number of nitrogens with one attached hydrogen (secondary N) is 1. The molecular formula is C15H15BrINO. The molecule has 0 bridgehead atoms. The Bertz CT molecular complexity index is 586. The lowest BCUT2D eigenvalue weighted by atomic mass is 10.2. The molecule has 0 amide bonds. The van der Waals surface area contributed by atoms with E-state index in [0.29, 0.717) is 0 Å². The minimum atomic E-state index is 0.761. The molecule has 0 saturated carbocycles. The molecule has 19 heavy (non-hydrogen) atoms. The molecule has 0 unspecified atom stereocenters. The number of anilines is 1. The first-order chi connectivity index (χ1) is 9.10. The summed E-state index contributed by atoms with van der Waals surface area (Å²) in [6.45, 7) is 2.88. The number of halogens is 2. The highest BCUT2D eigenvalue weighted by molar-refractivity contribution is 14.1. The average molecular weight is 432 g/mol. The van der Waals surface area contributed by atoms with Crippen molar-refractivity contribution in [2.45, 2.75) is 13.5 Å². The standard InChI is InChI=1S/C15H15BrINO/c1-10-3-4-12(8-15(10)17)18-9-11-7-13(19-2)5-6-14(11)16/h3-8,18H,9H2,1-2H3. The van der Waals surface area contributed by atoms with E-state index in [1.54, 1.807) is 7.11 Å². The number of hydrogen-bond acceptors (Lipinski definition) is 2. The number of rotatable bonds is 4. The van der Waals surface area contributed by atoms with Gasteiger partial charge in [-0.2, -0.15) is 0 Å². The topological polar surface area (TPSA) is 21.3 Å². The van der Waals surface area contributed by atoms with Crippen molar-refractivity contribution < 1.29 is 4.74 Å². The minimum Gasteiger partial charge on any atom is -0.497 e. The summed E-state index contributed by atoms with van der Waals surface area (Å²) in [4.78, 5) is 0. The van der Waals surface area contributed by atoms with Gasteiger partial charge in [0.25, 0.3) is 0 Å². The highest BCUT2D eigenvalue weighted by Crippen LogP contribution is 2.24. The van der Waals surface area contributed by atoms with Gasteiger partial charge in [-0.1, -0.05) is 22.0 Å². The third-order valence-corrected chi connectivity index (χ3v) is 4.84. The Labute approximate surface area is 135 Å². The second kappa shape index (κ2) is 6.61. The van der Waals surface area contributed by atoms with Gasteiger partial charge in [0.05, 0.1) is 7.11 Å². The Balaban J connectivity index is 2.11. The largest absolute Gasteiger partial charge is 0.497 e. The fraction of sp³-hybridized carbons (Fsp3) is 0.200. The SMILES string of the molecule is COc1ccc(Br)c(CNc2ccc(C)c(I)c2)c1. The smallest absolute Gasteiger partial charge is 0.119 e. The van der Waals surface area contributed by atoms with Crippen LogP contribution in [0.3, 0.4) is 0 Å². The summed E-state index contributed by atoms with van der Waals surface area (Å²) in [5.41, 5.74) is 3.60. The number of benzene rings is 2. The Hall–Kier alpha value is -0.750. The lowest BCUT2D eigenvalue weighted by molar-refractivity contribution is 0.414. The molecule has 0 atom stereocenters. The van der Waals surface area contributed by atoms with Gasteiger partial charge in [-0.05, 0) is 71.0 Å². The van der Waals surface area contributed by atoms with Crippen molar-refractivity contribution in [3.05, 3.63) is 55.6 Å². The maximum atomic E-state index is 5.25. The van der Waals surface area contributed by atoms with Gasteiger partial charge in [-0.15, -0.1) is 0 Å². The van der Waals surface area contributed by atoms with Gasteiger partial charge in [-0.3, -0.25) is 0 Å². The first-order valence-electron chi connectivity index (χ1n) is 5.92. The first-order valence-corrected chi connectivity index (χ1v) is 7.80. The van der Waals surface area contributed by atoms with E-state index in [2.05, 4.69) is 69.0 Å². The fourth-order valence-corrected chi connectivity index (χ4v) is 2.62. The number of methoxy groups -OCH3 is 1. The van der Waals surface area contributed by atoms with Gasteiger partial charge in [-0.25, -0.2) is 0 Å². The Morgan fingerprint density at radius 2 is 2.00 bits per heavy atom. The predicted molar refractivity (Wildman–Crippen MR) is 91.9 cm³/mol. The zero-order valence-electron chi connectivity index (χ0n) is 10.8. The average Bonchev–Trinajstić information content (AvgIpc) is 2.41. The Morgan fingerprint density at radius 1 is 1.21 bits per heavy atom. The minimum absolute atomic E-state index is 0.761. The summed E-state index contributed by atoms with van der Waals surface area (Å²) in [6.07, 6.45) is 0. The van der Waals surface area contributed by atoms with E-state index in [0.717, 1.165) is 22.5 Å². The second-order valence-corrected chi connectivity index (χ2v) is 6.29. The summed E-state index contributed by atoms with van der Waals surface area (Å²) in [6, 6.07) is 12.4. The van der Waals surface area contributed by atoms with Crippen LogP contribution in [0.4, 0.5) is 5.69 Å². The molecule has 4 heteroatoms. The van der Waals surface area contributed by atoms with Crippen molar-refractivity contribution in [2.24, 2.45) is 0 Å². The summed E-state index contributed by atoms with van der Waals surface area (Å²) in [5.74, 6) is 0.874. The zero-order valence-corrected chi connectivity index (χ0v) is 14.6. The normalized spacial score (nSPS) is 10.3. The highest BCUT2D eigenvalue weighted by atomic mass is 127. The van der Waals surface area contributed by atoms with E-state index in [4.69, 9.17) is 4.74 Å². The van der Waals surface area contributed by atoms with Crippen molar-refractivity contribution in [1.29, 1.82) is 0 Å². The number of aryl methyl sites for hydroxylation is 1. The van der Waals surface area contributed by atoms with Gasteiger partial charge in [0.1, 0.15) is 5.75 Å². The third-order valence-electron chi connectivity index (χ3n) is 2.91. The van der Waals surface area contributed by atoms with E-state index in [-0.39, 0.29) is 0 Å². The van der Waals surface area contributed by atoms with Gasteiger partial charge in [0.15, 0.2) is 0 Å². The third kappa shape index (κ3) is 3.86. The van der Waals surface area contributed by atoms with Crippen LogP contribution in [0.15, 0.2) is 40.9 Å². The molecule has 2 aromatic carbocycles. The Morgan fingerprint density at radius 3 is 2.68 bits per heavy atom. The predicted octanol–water partition coefficient (Wildman–Crippen LogP) is 4.98. The van der Waals surface area contributed by atoms with Crippen LogP contribution in [0.2, 0.25) is 0 Å². The van der Waals surface area contributed by atoms with Gasteiger partial charge in [0, 0.05) is 20.3 Å².